The van der Waals surface area contributed by atoms with Crippen LogP contribution in [0.2, 0.25) is 0 Å². The molecule has 0 aliphatic rings. The van der Waals surface area contributed by atoms with E-state index in [0.717, 1.165) is 13.0 Å². The molecule has 0 aliphatic heterocycles. The highest BCUT2D eigenvalue weighted by Crippen LogP contribution is 2.15. The van der Waals surface area contributed by atoms with E-state index in [-0.39, 0.29) is 5.82 Å². The predicted octanol–water partition coefficient (Wildman–Crippen LogP) is 2.51. The van der Waals surface area contributed by atoms with Crippen LogP contribution in [0.1, 0.15) is 31.9 Å². The lowest BCUT2D eigenvalue weighted by molar-refractivity contribution is 0.118. The van der Waals surface area contributed by atoms with Crippen molar-refractivity contribution < 1.29 is 14.2 Å². The van der Waals surface area contributed by atoms with Gasteiger partial charge in [0.15, 0.2) is 0 Å². The monoisotopic (exact) mass is 269 g/mol. The van der Waals surface area contributed by atoms with E-state index in [9.17, 15) is 9.50 Å². The largest absolute Gasteiger partial charge is 0.387 e. The van der Waals surface area contributed by atoms with E-state index in [1.54, 1.807) is 18.2 Å². The molecule has 0 saturated carbocycles. The van der Waals surface area contributed by atoms with Crippen molar-refractivity contribution in [2.75, 3.05) is 26.3 Å². The van der Waals surface area contributed by atoms with Crippen LogP contribution in [-0.2, 0) is 4.74 Å². The zero-order valence-corrected chi connectivity index (χ0v) is 11.7. The van der Waals surface area contributed by atoms with Gasteiger partial charge in [-0.3, -0.25) is 0 Å². The Kier molecular flexibility index (Phi) is 7.63. The Morgan fingerprint density at radius 1 is 1.26 bits per heavy atom. The average Bonchev–Trinajstić information content (AvgIpc) is 2.37. The summed E-state index contributed by atoms with van der Waals surface area (Å²) in [5.74, 6) is 0.279. The van der Waals surface area contributed by atoms with Crippen LogP contribution in [0.25, 0.3) is 0 Å². The first-order valence-electron chi connectivity index (χ1n) is 6.82. The third kappa shape index (κ3) is 6.66. The molecule has 0 aliphatic carbocycles. The summed E-state index contributed by atoms with van der Waals surface area (Å²) in [6, 6.07) is 6.28. The molecule has 0 aromatic heterocycles. The van der Waals surface area contributed by atoms with Gasteiger partial charge in [0.25, 0.3) is 0 Å². The Balaban J connectivity index is 2.11. The van der Waals surface area contributed by atoms with Crippen molar-refractivity contribution in [1.29, 1.82) is 0 Å². The van der Waals surface area contributed by atoms with Gasteiger partial charge < -0.3 is 15.2 Å². The molecule has 0 amide bonds. The van der Waals surface area contributed by atoms with Crippen LogP contribution in [0.3, 0.4) is 0 Å². The summed E-state index contributed by atoms with van der Waals surface area (Å²) in [5, 5.41) is 12.9. The summed E-state index contributed by atoms with van der Waals surface area (Å²) in [5.41, 5.74) is 0.329. The fourth-order valence-electron chi connectivity index (χ4n) is 1.66. The van der Waals surface area contributed by atoms with E-state index < -0.39 is 6.10 Å². The van der Waals surface area contributed by atoms with Crippen molar-refractivity contribution in [3.05, 3.63) is 35.6 Å². The molecular formula is C15H24FNO2. The smallest absolute Gasteiger partial charge is 0.129 e. The normalized spacial score (nSPS) is 12.9. The minimum Gasteiger partial charge on any atom is -0.387 e. The van der Waals surface area contributed by atoms with Crippen LogP contribution in [0.5, 0.6) is 0 Å². The first-order chi connectivity index (χ1) is 9.11. The van der Waals surface area contributed by atoms with Gasteiger partial charge in [0.05, 0.1) is 12.7 Å². The second kappa shape index (κ2) is 9.02. The SMILES string of the molecule is CC(C)CCOCCNCC(O)c1ccccc1F. The second-order valence-electron chi connectivity index (χ2n) is 5.04. The lowest BCUT2D eigenvalue weighted by Gasteiger charge is -2.13. The fourth-order valence-corrected chi connectivity index (χ4v) is 1.66. The molecule has 1 aromatic carbocycles. The van der Waals surface area contributed by atoms with Crippen molar-refractivity contribution in [3.63, 3.8) is 0 Å². The number of halogens is 1. The number of rotatable bonds is 9. The minimum absolute atomic E-state index is 0.328. The molecular weight excluding hydrogens is 245 g/mol. The molecule has 108 valence electrons. The number of aliphatic hydroxyl groups is 1. The maximum Gasteiger partial charge on any atom is 0.129 e. The van der Waals surface area contributed by atoms with Gasteiger partial charge >= 0.3 is 0 Å². The zero-order valence-electron chi connectivity index (χ0n) is 11.7. The highest BCUT2D eigenvalue weighted by atomic mass is 19.1. The molecule has 0 saturated heterocycles. The van der Waals surface area contributed by atoms with Crippen LogP contribution >= 0.6 is 0 Å². The van der Waals surface area contributed by atoms with E-state index in [0.29, 0.717) is 31.2 Å². The number of hydrogen-bond donors (Lipinski definition) is 2. The number of hydrogen-bond acceptors (Lipinski definition) is 3. The average molecular weight is 269 g/mol. The van der Waals surface area contributed by atoms with Crippen molar-refractivity contribution in [2.45, 2.75) is 26.4 Å². The standard InChI is InChI=1S/C15H24FNO2/c1-12(2)7-9-19-10-8-17-11-15(18)13-5-3-4-6-14(13)16/h3-6,12,15,17-18H,7-11H2,1-2H3. The first kappa shape index (κ1) is 16.1. The van der Waals surface area contributed by atoms with E-state index >= 15 is 0 Å². The number of aliphatic hydroxyl groups excluding tert-OH is 1. The fraction of sp³-hybridized carbons (Fsp3) is 0.600. The molecule has 0 bridgehead atoms. The van der Waals surface area contributed by atoms with Crippen molar-refractivity contribution in [2.24, 2.45) is 5.92 Å². The van der Waals surface area contributed by atoms with Crippen LogP contribution in [0, 0.1) is 11.7 Å². The second-order valence-corrected chi connectivity index (χ2v) is 5.04. The third-order valence-electron chi connectivity index (χ3n) is 2.86. The molecule has 1 aromatic rings. The lowest BCUT2D eigenvalue weighted by Crippen LogP contribution is -2.26. The highest BCUT2D eigenvalue weighted by molar-refractivity contribution is 5.19. The van der Waals surface area contributed by atoms with Crippen molar-refractivity contribution in [1.82, 2.24) is 5.32 Å². The summed E-state index contributed by atoms with van der Waals surface area (Å²) in [4.78, 5) is 0. The van der Waals surface area contributed by atoms with Crippen molar-refractivity contribution in [3.8, 4) is 0 Å². The zero-order chi connectivity index (χ0) is 14.1. The van der Waals surface area contributed by atoms with E-state index in [2.05, 4.69) is 19.2 Å². The van der Waals surface area contributed by atoms with Gasteiger partial charge in [-0.2, -0.15) is 0 Å². The van der Waals surface area contributed by atoms with Crippen LogP contribution in [0.4, 0.5) is 4.39 Å². The van der Waals surface area contributed by atoms with Gasteiger partial charge in [-0.15, -0.1) is 0 Å². The molecule has 1 unspecified atom stereocenters. The quantitative estimate of drug-likeness (QED) is 0.677. The Hall–Kier alpha value is -0.970. The summed E-state index contributed by atoms with van der Waals surface area (Å²) in [6.45, 7) is 6.67. The van der Waals surface area contributed by atoms with Gasteiger partial charge in [0.2, 0.25) is 0 Å². The van der Waals surface area contributed by atoms with Crippen LogP contribution in [-0.4, -0.2) is 31.4 Å². The summed E-state index contributed by atoms with van der Waals surface area (Å²) < 4.78 is 18.8. The number of benzene rings is 1. The van der Waals surface area contributed by atoms with E-state index in [1.807, 2.05) is 0 Å². The summed E-state index contributed by atoms with van der Waals surface area (Å²) >= 11 is 0. The van der Waals surface area contributed by atoms with E-state index in [4.69, 9.17) is 4.74 Å². The van der Waals surface area contributed by atoms with Crippen LogP contribution < -0.4 is 5.32 Å². The molecule has 0 heterocycles. The molecule has 0 radical (unpaired) electrons. The maximum absolute atomic E-state index is 13.4. The van der Waals surface area contributed by atoms with Gasteiger partial charge in [0, 0.05) is 25.3 Å². The predicted molar refractivity (Wildman–Crippen MR) is 74.5 cm³/mol. The maximum atomic E-state index is 13.4. The van der Waals surface area contributed by atoms with Gasteiger partial charge in [0.1, 0.15) is 5.82 Å². The summed E-state index contributed by atoms with van der Waals surface area (Å²) in [6.07, 6.45) is 0.231. The highest BCUT2D eigenvalue weighted by Gasteiger charge is 2.10. The number of ether oxygens (including phenoxy) is 1. The Morgan fingerprint density at radius 3 is 2.68 bits per heavy atom. The third-order valence-corrected chi connectivity index (χ3v) is 2.86. The Morgan fingerprint density at radius 2 is 2.00 bits per heavy atom. The molecule has 1 rings (SSSR count). The van der Waals surface area contributed by atoms with Gasteiger partial charge in [-0.1, -0.05) is 32.0 Å². The van der Waals surface area contributed by atoms with Gasteiger partial charge in [-0.25, -0.2) is 4.39 Å². The first-order valence-corrected chi connectivity index (χ1v) is 6.82. The Bertz CT molecular complexity index is 358. The Labute approximate surface area is 114 Å². The molecule has 2 N–H and O–H groups in total. The minimum atomic E-state index is -0.822. The molecule has 4 heteroatoms. The van der Waals surface area contributed by atoms with E-state index in [1.165, 1.54) is 6.07 Å². The summed E-state index contributed by atoms with van der Waals surface area (Å²) in [7, 11) is 0. The van der Waals surface area contributed by atoms with Crippen molar-refractivity contribution >= 4 is 0 Å². The number of nitrogens with one attached hydrogen (secondary N) is 1. The topological polar surface area (TPSA) is 41.5 Å². The van der Waals surface area contributed by atoms with Gasteiger partial charge in [-0.05, 0) is 18.4 Å². The molecule has 3 nitrogen and oxygen atoms in total. The molecule has 19 heavy (non-hydrogen) atoms. The molecule has 1 atom stereocenters. The molecule has 0 spiro atoms. The molecule has 0 fully saturated rings. The lowest BCUT2D eigenvalue weighted by atomic mass is 10.1. The van der Waals surface area contributed by atoms with Crippen LogP contribution in [0.15, 0.2) is 24.3 Å².